The molecular weight excluding hydrogens is 437 g/mol. The van der Waals surface area contributed by atoms with E-state index < -0.39 is 5.91 Å². The molecule has 31 heavy (non-hydrogen) atoms. The van der Waals surface area contributed by atoms with Gasteiger partial charge in [0.1, 0.15) is 5.75 Å². The van der Waals surface area contributed by atoms with Crippen LogP contribution in [0.2, 0.25) is 10.0 Å². The van der Waals surface area contributed by atoms with E-state index in [4.69, 9.17) is 27.9 Å². The van der Waals surface area contributed by atoms with Crippen molar-refractivity contribution in [3.63, 3.8) is 0 Å². The second-order valence-corrected chi connectivity index (χ2v) is 7.39. The standard InChI is InChI=1S/C23H19Cl2N3O3/c1-15(27-28-22(29)14-31-21-11-9-19(25)10-12-21)17-3-2-4-20(13-17)26-23(30)16-5-7-18(24)8-6-16/h2-13H,14H2,1H3,(H,26,30)(H,28,29)/b27-15-. The van der Waals surface area contributed by atoms with Crippen LogP contribution in [0.15, 0.2) is 77.9 Å². The Kier molecular flexibility index (Phi) is 7.65. The first-order valence-corrected chi connectivity index (χ1v) is 10.0. The van der Waals surface area contributed by atoms with Gasteiger partial charge in [-0.05, 0) is 73.2 Å². The molecule has 3 aromatic rings. The van der Waals surface area contributed by atoms with Gasteiger partial charge in [-0.15, -0.1) is 0 Å². The number of carbonyl (C=O) groups is 2. The Morgan fingerprint density at radius 3 is 2.23 bits per heavy atom. The predicted molar refractivity (Wildman–Crippen MR) is 123 cm³/mol. The Morgan fingerprint density at radius 2 is 1.55 bits per heavy atom. The van der Waals surface area contributed by atoms with Gasteiger partial charge in [0.2, 0.25) is 0 Å². The van der Waals surface area contributed by atoms with Gasteiger partial charge < -0.3 is 10.1 Å². The van der Waals surface area contributed by atoms with Crippen LogP contribution in [-0.4, -0.2) is 24.1 Å². The van der Waals surface area contributed by atoms with E-state index in [1.165, 1.54) is 0 Å². The number of halogens is 2. The van der Waals surface area contributed by atoms with Crippen LogP contribution < -0.4 is 15.5 Å². The number of ether oxygens (including phenoxy) is 1. The minimum Gasteiger partial charge on any atom is -0.484 e. The van der Waals surface area contributed by atoms with Gasteiger partial charge in [-0.3, -0.25) is 9.59 Å². The van der Waals surface area contributed by atoms with Gasteiger partial charge in [-0.2, -0.15) is 5.10 Å². The molecule has 3 rings (SSSR count). The molecule has 0 saturated carbocycles. The Hall–Kier alpha value is -3.35. The maximum absolute atomic E-state index is 12.4. The summed E-state index contributed by atoms with van der Waals surface area (Å²) in [5.74, 6) is -0.123. The molecule has 3 aromatic carbocycles. The van der Waals surface area contributed by atoms with Gasteiger partial charge in [-0.1, -0.05) is 35.3 Å². The molecule has 0 aliphatic heterocycles. The van der Waals surface area contributed by atoms with Gasteiger partial charge in [0.25, 0.3) is 11.8 Å². The van der Waals surface area contributed by atoms with Crippen molar-refractivity contribution in [3.05, 3.63) is 94.0 Å². The Labute approximate surface area is 189 Å². The Bertz CT molecular complexity index is 1100. The molecule has 0 aromatic heterocycles. The highest BCUT2D eigenvalue weighted by molar-refractivity contribution is 6.31. The number of amides is 2. The van der Waals surface area contributed by atoms with E-state index >= 15 is 0 Å². The summed E-state index contributed by atoms with van der Waals surface area (Å²) in [4.78, 5) is 24.3. The number of hydrogen-bond donors (Lipinski definition) is 2. The highest BCUT2D eigenvalue weighted by Crippen LogP contribution is 2.16. The normalized spacial score (nSPS) is 11.0. The van der Waals surface area contributed by atoms with Crippen LogP contribution in [0.4, 0.5) is 5.69 Å². The summed E-state index contributed by atoms with van der Waals surface area (Å²) in [5.41, 5.74) is 4.86. The molecule has 0 aliphatic carbocycles. The average Bonchev–Trinajstić information content (AvgIpc) is 2.77. The maximum Gasteiger partial charge on any atom is 0.277 e. The predicted octanol–water partition coefficient (Wildman–Crippen LogP) is 5.16. The number of anilines is 1. The Balaban J connectivity index is 1.57. The Morgan fingerprint density at radius 1 is 0.903 bits per heavy atom. The second kappa shape index (κ2) is 10.6. The molecule has 0 bridgehead atoms. The number of nitrogens with zero attached hydrogens (tertiary/aromatic N) is 1. The fourth-order valence-corrected chi connectivity index (χ4v) is 2.80. The van der Waals surface area contributed by atoms with Gasteiger partial charge in [0, 0.05) is 21.3 Å². The molecule has 2 N–H and O–H groups in total. The molecule has 6 nitrogen and oxygen atoms in total. The zero-order valence-electron chi connectivity index (χ0n) is 16.6. The van der Waals surface area contributed by atoms with E-state index in [9.17, 15) is 9.59 Å². The molecule has 8 heteroatoms. The summed E-state index contributed by atoms with van der Waals surface area (Å²) in [6.45, 7) is 1.57. The van der Waals surface area contributed by atoms with Crippen molar-refractivity contribution in [3.8, 4) is 5.75 Å². The minimum absolute atomic E-state index is 0.185. The van der Waals surface area contributed by atoms with Crippen molar-refractivity contribution >= 4 is 46.4 Å². The number of carbonyl (C=O) groups excluding carboxylic acids is 2. The summed E-state index contributed by atoms with van der Waals surface area (Å²) in [7, 11) is 0. The zero-order valence-corrected chi connectivity index (χ0v) is 18.1. The fourth-order valence-electron chi connectivity index (χ4n) is 2.55. The molecule has 0 aliphatic rings. The van der Waals surface area contributed by atoms with E-state index in [0.717, 1.165) is 5.56 Å². The lowest BCUT2D eigenvalue weighted by Gasteiger charge is -2.08. The lowest BCUT2D eigenvalue weighted by molar-refractivity contribution is -0.123. The molecule has 0 radical (unpaired) electrons. The molecule has 0 atom stereocenters. The van der Waals surface area contributed by atoms with Crippen LogP contribution in [0.3, 0.4) is 0 Å². The number of nitrogens with one attached hydrogen (secondary N) is 2. The van der Waals surface area contributed by atoms with Crippen molar-refractivity contribution in [1.29, 1.82) is 0 Å². The van der Waals surface area contributed by atoms with E-state index in [1.807, 2.05) is 6.07 Å². The first kappa shape index (κ1) is 22.3. The van der Waals surface area contributed by atoms with Gasteiger partial charge in [0.05, 0.1) is 5.71 Å². The number of hydrazone groups is 1. The quantitative estimate of drug-likeness (QED) is 0.381. The van der Waals surface area contributed by atoms with Gasteiger partial charge in [-0.25, -0.2) is 5.43 Å². The molecule has 0 fully saturated rings. The van der Waals surface area contributed by atoms with Crippen LogP contribution in [0, 0.1) is 0 Å². The number of hydrogen-bond acceptors (Lipinski definition) is 4. The molecular formula is C23H19Cl2N3O3. The highest BCUT2D eigenvalue weighted by Gasteiger charge is 2.08. The SMILES string of the molecule is C/C(=N/NC(=O)COc1ccc(Cl)cc1)c1cccc(NC(=O)c2ccc(Cl)cc2)c1. The van der Waals surface area contributed by atoms with E-state index in [-0.39, 0.29) is 12.5 Å². The van der Waals surface area contributed by atoms with E-state index in [2.05, 4.69) is 15.8 Å². The fraction of sp³-hybridized carbons (Fsp3) is 0.0870. The zero-order chi connectivity index (χ0) is 22.2. The largest absolute Gasteiger partial charge is 0.484 e. The monoisotopic (exact) mass is 455 g/mol. The van der Waals surface area contributed by atoms with Crippen LogP contribution in [0.25, 0.3) is 0 Å². The second-order valence-electron chi connectivity index (χ2n) is 6.52. The molecule has 158 valence electrons. The lowest BCUT2D eigenvalue weighted by atomic mass is 10.1. The third-order valence-electron chi connectivity index (χ3n) is 4.18. The van der Waals surface area contributed by atoms with Crippen LogP contribution in [0.5, 0.6) is 5.75 Å². The maximum atomic E-state index is 12.4. The van der Waals surface area contributed by atoms with Gasteiger partial charge in [0.15, 0.2) is 6.61 Å². The third-order valence-corrected chi connectivity index (χ3v) is 4.68. The summed E-state index contributed by atoms with van der Waals surface area (Å²) in [6, 6.07) is 20.5. The molecule has 0 heterocycles. The van der Waals surface area contributed by atoms with Crippen molar-refractivity contribution < 1.29 is 14.3 Å². The highest BCUT2D eigenvalue weighted by atomic mass is 35.5. The van der Waals surface area contributed by atoms with Crippen LogP contribution >= 0.6 is 23.2 Å². The van der Waals surface area contributed by atoms with Crippen molar-refractivity contribution in [2.75, 3.05) is 11.9 Å². The lowest BCUT2D eigenvalue weighted by Crippen LogP contribution is -2.25. The van der Waals surface area contributed by atoms with Gasteiger partial charge >= 0.3 is 0 Å². The van der Waals surface area contributed by atoms with E-state index in [1.54, 1.807) is 73.7 Å². The summed E-state index contributed by atoms with van der Waals surface area (Å²) in [5, 5.41) is 8.07. The topological polar surface area (TPSA) is 79.8 Å². The van der Waals surface area contributed by atoms with Crippen LogP contribution in [0.1, 0.15) is 22.8 Å². The molecule has 0 saturated heterocycles. The summed E-state index contributed by atoms with van der Waals surface area (Å²) in [6.07, 6.45) is 0. The minimum atomic E-state index is -0.401. The summed E-state index contributed by atoms with van der Waals surface area (Å²) < 4.78 is 5.38. The van der Waals surface area contributed by atoms with Crippen molar-refractivity contribution in [1.82, 2.24) is 5.43 Å². The first-order chi connectivity index (χ1) is 14.9. The first-order valence-electron chi connectivity index (χ1n) is 9.29. The van der Waals surface area contributed by atoms with E-state index in [0.29, 0.717) is 32.8 Å². The van der Waals surface area contributed by atoms with Crippen molar-refractivity contribution in [2.45, 2.75) is 6.92 Å². The summed E-state index contributed by atoms with van der Waals surface area (Å²) >= 11 is 11.7. The number of benzene rings is 3. The smallest absolute Gasteiger partial charge is 0.277 e. The van der Waals surface area contributed by atoms with Crippen molar-refractivity contribution in [2.24, 2.45) is 5.10 Å². The third kappa shape index (κ3) is 6.84. The molecule has 2 amide bonds. The average molecular weight is 456 g/mol. The molecule has 0 spiro atoms. The van der Waals surface area contributed by atoms with Crippen LogP contribution in [-0.2, 0) is 4.79 Å². The molecule has 0 unspecified atom stereocenters. The number of rotatable bonds is 7.